The molecule has 1 heterocycles. The van der Waals surface area contributed by atoms with Crippen molar-refractivity contribution in [2.24, 2.45) is 0 Å². The van der Waals surface area contributed by atoms with E-state index in [4.69, 9.17) is 0 Å². The third-order valence-corrected chi connectivity index (χ3v) is 2.01. The Morgan fingerprint density at radius 2 is 2.00 bits per heavy atom. The number of fused-ring (bicyclic) bond motifs is 1. The monoisotopic (exact) mass is 261 g/mol. The van der Waals surface area contributed by atoms with Crippen molar-refractivity contribution >= 4 is 10.9 Å². The van der Waals surface area contributed by atoms with E-state index in [1.807, 2.05) is 24.3 Å². The summed E-state index contributed by atoms with van der Waals surface area (Å²) in [5.41, 5.74) is 1.55. The summed E-state index contributed by atoms with van der Waals surface area (Å²) < 4.78 is 0. The minimum Gasteiger partial charge on any atom is -0.506 e. The minimum atomic E-state index is 0. The molecular formula is C11H10NOY-. The molecule has 0 saturated heterocycles. The number of hydrogen-bond acceptors (Lipinski definition) is 2. The van der Waals surface area contributed by atoms with Gasteiger partial charge in [0.25, 0.3) is 0 Å². The Hall–Kier alpha value is -0.466. The van der Waals surface area contributed by atoms with Crippen LogP contribution >= 0.6 is 0 Å². The summed E-state index contributed by atoms with van der Waals surface area (Å²) in [5, 5.41) is 10.5. The maximum absolute atomic E-state index is 9.51. The summed E-state index contributed by atoms with van der Waals surface area (Å²) in [7, 11) is 0. The van der Waals surface area contributed by atoms with E-state index in [9.17, 15) is 5.11 Å². The topological polar surface area (TPSA) is 33.1 Å². The van der Waals surface area contributed by atoms with Crippen molar-refractivity contribution in [2.75, 3.05) is 0 Å². The number of phenolic OH excluding ortho intramolecular Hbond substituents is 1. The fourth-order valence-corrected chi connectivity index (χ4v) is 1.31. The third kappa shape index (κ3) is 2.13. The van der Waals surface area contributed by atoms with Crippen LogP contribution in [0.3, 0.4) is 0 Å². The van der Waals surface area contributed by atoms with Crippen LogP contribution in [-0.2, 0) is 39.1 Å². The minimum absolute atomic E-state index is 0. The van der Waals surface area contributed by atoms with Gasteiger partial charge in [-0.3, -0.25) is 4.98 Å². The molecular weight excluding hydrogens is 251 g/mol. The van der Waals surface area contributed by atoms with Crippen LogP contribution in [0.25, 0.3) is 10.9 Å². The molecule has 2 rings (SSSR count). The summed E-state index contributed by atoms with van der Waals surface area (Å²) in [5.74, 6) is 0.229. The zero-order valence-electron chi connectivity index (χ0n) is 7.77. The van der Waals surface area contributed by atoms with Crippen LogP contribution in [-0.4, -0.2) is 10.1 Å². The molecule has 3 heteroatoms. The van der Waals surface area contributed by atoms with Crippen molar-refractivity contribution in [2.45, 2.75) is 6.42 Å². The van der Waals surface area contributed by atoms with Crippen molar-refractivity contribution in [3.8, 4) is 5.75 Å². The first kappa shape index (κ1) is 11.6. The fraction of sp³-hybridized carbons (Fsp3) is 0.0909. The second-order valence-corrected chi connectivity index (χ2v) is 2.90. The number of pyridine rings is 1. The Kier molecular flexibility index (Phi) is 4.02. The van der Waals surface area contributed by atoms with E-state index in [0.717, 1.165) is 11.1 Å². The van der Waals surface area contributed by atoms with Crippen molar-refractivity contribution in [3.63, 3.8) is 0 Å². The van der Waals surface area contributed by atoms with Gasteiger partial charge in [0.15, 0.2) is 0 Å². The number of phenols is 1. The molecule has 1 N–H and O–H groups in total. The molecule has 2 aromatic rings. The van der Waals surface area contributed by atoms with Crippen molar-refractivity contribution < 1.29 is 37.8 Å². The van der Waals surface area contributed by atoms with Gasteiger partial charge in [0.2, 0.25) is 0 Å². The van der Waals surface area contributed by atoms with Crippen LogP contribution in [0.1, 0.15) is 5.69 Å². The van der Waals surface area contributed by atoms with E-state index in [-0.39, 0.29) is 38.5 Å². The van der Waals surface area contributed by atoms with Crippen molar-refractivity contribution in [1.29, 1.82) is 0 Å². The maximum Gasteiger partial charge on any atom is 0.141 e. The largest absolute Gasteiger partial charge is 0.506 e. The van der Waals surface area contributed by atoms with E-state index >= 15 is 0 Å². The van der Waals surface area contributed by atoms with Gasteiger partial charge in [-0.15, -0.1) is 6.42 Å². The summed E-state index contributed by atoms with van der Waals surface area (Å²) in [6, 6.07) is 9.25. The Morgan fingerprint density at radius 1 is 1.21 bits per heavy atom. The number of aromatic hydroxyl groups is 1. The molecule has 0 spiro atoms. The second kappa shape index (κ2) is 4.85. The molecule has 0 fully saturated rings. The molecule has 2 nitrogen and oxygen atoms in total. The molecule has 0 saturated carbocycles. The van der Waals surface area contributed by atoms with Gasteiger partial charge in [0.05, 0.1) is 0 Å². The zero-order valence-corrected chi connectivity index (χ0v) is 10.6. The van der Waals surface area contributed by atoms with Gasteiger partial charge in [0.1, 0.15) is 11.3 Å². The molecule has 0 bridgehead atoms. The summed E-state index contributed by atoms with van der Waals surface area (Å²) in [6.45, 7) is 3.75. The quantitative estimate of drug-likeness (QED) is 0.799. The fourth-order valence-electron chi connectivity index (χ4n) is 1.31. The molecule has 1 aromatic carbocycles. The van der Waals surface area contributed by atoms with Gasteiger partial charge in [-0.2, -0.15) is 0 Å². The average Bonchev–Trinajstić information content (AvgIpc) is 2.18. The first-order chi connectivity index (χ1) is 6.31. The molecule has 0 aliphatic carbocycles. The number of benzene rings is 1. The van der Waals surface area contributed by atoms with E-state index in [1.54, 1.807) is 6.07 Å². The molecule has 0 unspecified atom stereocenters. The van der Waals surface area contributed by atoms with Gasteiger partial charge in [0, 0.05) is 43.8 Å². The number of rotatable bonds is 1. The third-order valence-electron chi connectivity index (χ3n) is 2.01. The van der Waals surface area contributed by atoms with Gasteiger partial charge in [-0.25, -0.2) is 0 Å². The first-order valence-electron chi connectivity index (χ1n) is 4.18. The second-order valence-electron chi connectivity index (χ2n) is 2.90. The Balaban J connectivity index is 0.000000980. The molecule has 0 aliphatic heterocycles. The summed E-state index contributed by atoms with van der Waals surface area (Å²) in [4.78, 5) is 4.28. The molecule has 0 aliphatic rings. The molecule has 1 aromatic heterocycles. The molecule has 1 radical (unpaired) electrons. The van der Waals surface area contributed by atoms with Crippen LogP contribution in [0, 0.1) is 6.92 Å². The number of nitrogens with zero attached hydrogens (tertiary/aromatic N) is 1. The first-order valence-corrected chi connectivity index (χ1v) is 4.18. The standard InChI is InChI=1S/C11H10NO.Y/c1-2-9-7-6-8-4-3-5-10(13)11(8)12-9;/h3-7,13H,1-2H2;/q-1;. The summed E-state index contributed by atoms with van der Waals surface area (Å²) >= 11 is 0. The van der Waals surface area contributed by atoms with Crippen LogP contribution in [0.15, 0.2) is 30.3 Å². The van der Waals surface area contributed by atoms with Crippen molar-refractivity contribution in [1.82, 2.24) is 4.98 Å². The Morgan fingerprint density at radius 3 is 2.71 bits per heavy atom. The van der Waals surface area contributed by atoms with Crippen LogP contribution in [0.2, 0.25) is 0 Å². The molecule has 0 amide bonds. The van der Waals surface area contributed by atoms with E-state index in [1.165, 1.54) is 0 Å². The molecule has 0 atom stereocenters. The predicted molar refractivity (Wildman–Crippen MR) is 52.5 cm³/mol. The van der Waals surface area contributed by atoms with Crippen molar-refractivity contribution in [3.05, 3.63) is 42.9 Å². The molecule has 69 valence electrons. The SMILES string of the molecule is [CH2-]Cc1ccc2cccc(O)c2n1.[Y]. The van der Waals surface area contributed by atoms with Crippen LogP contribution in [0.4, 0.5) is 0 Å². The van der Waals surface area contributed by atoms with E-state index < -0.39 is 0 Å². The smallest absolute Gasteiger partial charge is 0.141 e. The Labute approximate surface area is 108 Å². The van der Waals surface area contributed by atoms with Crippen LogP contribution < -0.4 is 0 Å². The number of hydrogen-bond donors (Lipinski definition) is 1. The number of para-hydroxylation sites is 1. The van der Waals surface area contributed by atoms with E-state index in [2.05, 4.69) is 11.9 Å². The van der Waals surface area contributed by atoms with Gasteiger partial charge < -0.3 is 12.0 Å². The van der Waals surface area contributed by atoms with Gasteiger partial charge in [-0.05, 0) is 12.1 Å². The van der Waals surface area contributed by atoms with Gasteiger partial charge in [-0.1, -0.05) is 18.2 Å². The normalized spacial score (nSPS) is 9.79. The zero-order chi connectivity index (χ0) is 9.26. The van der Waals surface area contributed by atoms with E-state index in [0.29, 0.717) is 11.9 Å². The Bertz CT molecular complexity index is 442. The van der Waals surface area contributed by atoms with Gasteiger partial charge >= 0.3 is 0 Å². The molecule has 14 heavy (non-hydrogen) atoms. The number of aromatic nitrogens is 1. The van der Waals surface area contributed by atoms with Crippen LogP contribution in [0.5, 0.6) is 5.75 Å². The maximum atomic E-state index is 9.51. The average molecular weight is 261 g/mol. The predicted octanol–water partition coefficient (Wildman–Crippen LogP) is 2.31. The summed E-state index contributed by atoms with van der Waals surface area (Å²) in [6.07, 6.45) is 0.643.